The van der Waals surface area contributed by atoms with Gasteiger partial charge in [-0.05, 0) is 62.7 Å². The summed E-state index contributed by atoms with van der Waals surface area (Å²) in [5.74, 6) is 2.79. The molecule has 4 heteroatoms. The van der Waals surface area contributed by atoms with Crippen LogP contribution in [-0.4, -0.2) is 29.9 Å². The Morgan fingerprint density at radius 3 is 2.36 bits per heavy atom. The highest BCUT2D eigenvalue weighted by Crippen LogP contribution is 2.42. The molecule has 3 unspecified atom stereocenters. The number of halogens is 1. The van der Waals surface area contributed by atoms with Crippen molar-refractivity contribution in [3.63, 3.8) is 0 Å². The van der Waals surface area contributed by atoms with Crippen LogP contribution in [0, 0.1) is 23.7 Å². The predicted octanol–water partition coefficient (Wildman–Crippen LogP) is 3.60. The summed E-state index contributed by atoms with van der Waals surface area (Å²) >= 11 is 0. The first-order valence-corrected chi connectivity index (χ1v) is 9.23. The fourth-order valence-electron chi connectivity index (χ4n) is 5.04. The molecule has 3 fully saturated rings. The summed E-state index contributed by atoms with van der Waals surface area (Å²) in [6.07, 6.45) is 10.9. The number of rotatable bonds is 2. The fraction of sp³-hybridized carbons (Fsp3) is 0.944. The number of hydrogen-bond acceptors (Lipinski definition) is 2. The van der Waals surface area contributed by atoms with Gasteiger partial charge >= 0.3 is 0 Å². The standard InChI is InChI=1S/C18H32N2O.ClH/c1-2-13-5-4-9-20(10-8-13)18(21)16-11-14-6-3-7-15(12-16)17(14)19;/h13-17H,2-12,19H2,1H3;1H. The molecule has 0 spiro atoms. The van der Waals surface area contributed by atoms with Crippen molar-refractivity contribution in [3.05, 3.63) is 0 Å². The molecule has 3 rings (SSSR count). The normalized spacial score (nSPS) is 38.8. The third-order valence-electron chi connectivity index (χ3n) is 6.50. The van der Waals surface area contributed by atoms with E-state index in [1.807, 2.05) is 0 Å². The molecule has 3 atom stereocenters. The van der Waals surface area contributed by atoms with Crippen molar-refractivity contribution >= 4 is 18.3 Å². The minimum absolute atomic E-state index is 0. The molecule has 1 aliphatic heterocycles. The average molecular weight is 329 g/mol. The van der Waals surface area contributed by atoms with E-state index in [1.54, 1.807) is 0 Å². The van der Waals surface area contributed by atoms with E-state index in [9.17, 15) is 4.79 Å². The van der Waals surface area contributed by atoms with Crippen LogP contribution in [0.3, 0.4) is 0 Å². The van der Waals surface area contributed by atoms with Crippen molar-refractivity contribution in [2.24, 2.45) is 29.4 Å². The number of hydrogen-bond donors (Lipinski definition) is 1. The van der Waals surface area contributed by atoms with Crippen molar-refractivity contribution in [1.82, 2.24) is 4.90 Å². The molecule has 2 bridgehead atoms. The van der Waals surface area contributed by atoms with E-state index in [1.165, 1.54) is 44.9 Å². The van der Waals surface area contributed by atoms with Gasteiger partial charge in [-0.15, -0.1) is 12.4 Å². The summed E-state index contributed by atoms with van der Waals surface area (Å²) in [5, 5.41) is 0. The summed E-state index contributed by atoms with van der Waals surface area (Å²) in [6.45, 7) is 4.27. The Kier molecular flexibility index (Phi) is 6.58. The zero-order valence-electron chi connectivity index (χ0n) is 14.0. The smallest absolute Gasteiger partial charge is 0.225 e. The summed E-state index contributed by atoms with van der Waals surface area (Å²) < 4.78 is 0. The molecule has 2 aliphatic carbocycles. The van der Waals surface area contributed by atoms with Crippen LogP contribution in [0.1, 0.15) is 64.7 Å². The van der Waals surface area contributed by atoms with Gasteiger partial charge in [-0.25, -0.2) is 0 Å². The zero-order valence-corrected chi connectivity index (χ0v) is 14.8. The third-order valence-corrected chi connectivity index (χ3v) is 6.50. The number of likely N-dealkylation sites (tertiary alicyclic amines) is 1. The van der Waals surface area contributed by atoms with E-state index in [4.69, 9.17) is 5.73 Å². The van der Waals surface area contributed by atoms with Crippen LogP contribution in [0.25, 0.3) is 0 Å². The lowest BCUT2D eigenvalue weighted by molar-refractivity contribution is -0.138. The molecular formula is C18H33ClN2O. The second-order valence-electron chi connectivity index (χ2n) is 7.73. The molecule has 1 heterocycles. The Morgan fingerprint density at radius 2 is 1.73 bits per heavy atom. The topological polar surface area (TPSA) is 46.3 Å². The quantitative estimate of drug-likeness (QED) is 0.841. The molecule has 3 aliphatic rings. The Balaban J connectivity index is 0.00000176. The Hall–Kier alpha value is -0.280. The third kappa shape index (κ3) is 3.79. The van der Waals surface area contributed by atoms with Crippen LogP contribution in [0.2, 0.25) is 0 Å². The number of nitrogens with two attached hydrogens (primary N) is 1. The molecule has 2 saturated carbocycles. The van der Waals surface area contributed by atoms with Crippen LogP contribution >= 0.6 is 12.4 Å². The number of amides is 1. The van der Waals surface area contributed by atoms with Gasteiger partial charge in [-0.2, -0.15) is 0 Å². The highest BCUT2D eigenvalue weighted by molar-refractivity contribution is 5.85. The molecular weight excluding hydrogens is 296 g/mol. The van der Waals surface area contributed by atoms with Crippen LogP contribution < -0.4 is 5.73 Å². The summed E-state index contributed by atoms with van der Waals surface area (Å²) in [6, 6.07) is 0.372. The zero-order chi connectivity index (χ0) is 14.8. The largest absolute Gasteiger partial charge is 0.342 e. The van der Waals surface area contributed by atoms with Gasteiger partial charge in [0.1, 0.15) is 0 Å². The van der Waals surface area contributed by atoms with Crippen LogP contribution in [0.4, 0.5) is 0 Å². The fourth-order valence-corrected chi connectivity index (χ4v) is 5.04. The minimum atomic E-state index is 0. The number of fused-ring (bicyclic) bond motifs is 2. The maximum absolute atomic E-state index is 12.9. The van der Waals surface area contributed by atoms with Gasteiger partial charge in [-0.3, -0.25) is 4.79 Å². The molecule has 2 N–H and O–H groups in total. The SMILES string of the molecule is CCC1CCCN(C(=O)C2CC3CCCC(C2)C3N)CC1.Cl. The second kappa shape index (κ2) is 8.01. The maximum Gasteiger partial charge on any atom is 0.225 e. The van der Waals surface area contributed by atoms with Gasteiger partial charge in [0.2, 0.25) is 5.91 Å². The monoisotopic (exact) mass is 328 g/mol. The van der Waals surface area contributed by atoms with Crippen molar-refractivity contribution in [3.8, 4) is 0 Å². The van der Waals surface area contributed by atoms with Crippen LogP contribution in [0.15, 0.2) is 0 Å². The second-order valence-corrected chi connectivity index (χ2v) is 7.73. The summed E-state index contributed by atoms with van der Waals surface area (Å²) in [7, 11) is 0. The van der Waals surface area contributed by atoms with Gasteiger partial charge in [-0.1, -0.05) is 19.8 Å². The lowest BCUT2D eigenvalue weighted by atomic mass is 9.65. The van der Waals surface area contributed by atoms with Crippen molar-refractivity contribution in [2.45, 2.75) is 70.8 Å². The molecule has 22 heavy (non-hydrogen) atoms. The highest BCUT2D eigenvalue weighted by atomic mass is 35.5. The van der Waals surface area contributed by atoms with Crippen molar-refractivity contribution < 1.29 is 4.79 Å². The Bertz CT molecular complexity index is 362. The van der Waals surface area contributed by atoms with Gasteiger partial charge in [0.25, 0.3) is 0 Å². The first kappa shape index (κ1) is 18.1. The van der Waals surface area contributed by atoms with Gasteiger partial charge in [0.15, 0.2) is 0 Å². The lowest BCUT2D eigenvalue weighted by Gasteiger charge is -2.44. The molecule has 0 radical (unpaired) electrons. The number of carbonyl (C=O) groups is 1. The lowest BCUT2D eigenvalue weighted by Crippen LogP contribution is -2.49. The van der Waals surface area contributed by atoms with E-state index in [-0.39, 0.29) is 18.3 Å². The summed E-state index contributed by atoms with van der Waals surface area (Å²) in [4.78, 5) is 15.1. The molecule has 3 nitrogen and oxygen atoms in total. The van der Waals surface area contributed by atoms with Crippen LogP contribution in [0.5, 0.6) is 0 Å². The van der Waals surface area contributed by atoms with E-state index in [2.05, 4.69) is 11.8 Å². The molecule has 0 aromatic heterocycles. The maximum atomic E-state index is 12.9. The number of carbonyl (C=O) groups excluding carboxylic acids is 1. The van der Waals surface area contributed by atoms with E-state index < -0.39 is 0 Å². The van der Waals surface area contributed by atoms with Gasteiger partial charge < -0.3 is 10.6 Å². The van der Waals surface area contributed by atoms with Crippen LogP contribution in [-0.2, 0) is 4.79 Å². The molecule has 1 amide bonds. The van der Waals surface area contributed by atoms with Gasteiger partial charge in [0, 0.05) is 25.0 Å². The van der Waals surface area contributed by atoms with Crippen molar-refractivity contribution in [2.75, 3.05) is 13.1 Å². The molecule has 128 valence electrons. The predicted molar refractivity (Wildman–Crippen MR) is 93.0 cm³/mol. The first-order valence-electron chi connectivity index (χ1n) is 9.23. The molecule has 0 aromatic carbocycles. The Labute approximate surface area is 141 Å². The Morgan fingerprint density at radius 1 is 1.05 bits per heavy atom. The minimum Gasteiger partial charge on any atom is -0.342 e. The number of nitrogens with zero attached hydrogens (tertiary/aromatic N) is 1. The van der Waals surface area contributed by atoms with Gasteiger partial charge in [0.05, 0.1) is 0 Å². The highest BCUT2D eigenvalue weighted by Gasteiger charge is 2.41. The first-order chi connectivity index (χ1) is 10.2. The average Bonchev–Trinajstić information content (AvgIpc) is 2.71. The van der Waals surface area contributed by atoms with Crippen molar-refractivity contribution in [1.29, 1.82) is 0 Å². The molecule has 0 aromatic rings. The van der Waals surface area contributed by atoms with E-state index >= 15 is 0 Å². The van der Waals surface area contributed by atoms with E-state index in [0.717, 1.165) is 31.8 Å². The summed E-state index contributed by atoms with van der Waals surface area (Å²) in [5.41, 5.74) is 6.36. The molecule has 1 saturated heterocycles. The van der Waals surface area contributed by atoms with E-state index in [0.29, 0.717) is 23.8 Å².